The monoisotopic (exact) mass is 196 g/mol. The zero-order valence-electron chi connectivity index (χ0n) is 8.58. The van der Waals surface area contributed by atoms with Gasteiger partial charge in [-0.2, -0.15) is 0 Å². The third-order valence-electron chi connectivity index (χ3n) is 2.13. The van der Waals surface area contributed by atoms with E-state index in [0.29, 0.717) is 13.0 Å². The number of aromatic hydroxyl groups is 1. The fraction of sp³-hybridized carbons (Fsp3) is 0.455. The van der Waals surface area contributed by atoms with E-state index < -0.39 is 0 Å². The van der Waals surface area contributed by atoms with Crippen LogP contribution >= 0.6 is 0 Å². The lowest BCUT2D eigenvalue weighted by atomic mass is 10.0. The minimum atomic E-state index is 0.0451. The number of phenolic OH excluding ortho intramolecular Hbond substituents is 1. The lowest BCUT2D eigenvalue weighted by Gasteiger charge is -2.09. The molecule has 1 rings (SSSR count). The van der Waals surface area contributed by atoms with Crippen molar-refractivity contribution >= 4 is 0 Å². The molecular weight excluding hydrogens is 180 g/mol. The first kappa shape index (κ1) is 11.0. The molecule has 0 saturated heterocycles. The van der Waals surface area contributed by atoms with Crippen LogP contribution in [0.25, 0.3) is 0 Å². The average Bonchev–Trinajstić information content (AvgIpc) is 2.14. The smallest absolute Gasteiger partial charge is 0.121 e. The zero-order valence-corrected chi connectivity index (χ0v) is 8.58. The number of hydrogen-bond donors (Lipinski definition) is 2. The molecule has 0 radical (unpaired) electrons. The second kappa shape index (κ2) is 4.98. The van der Waals surface area contributed by atoms with E-state index in [0.717, 1.165) is 16.7 Å². The molecule has 0 aromatic heterocycles. The van der Waals surface area contributed by atoms with E-state index in [2.05, 4.69) is 0 Å². The topological polar surface area (TPSA) is 49.7 Å². The summed E-state index contributed by atoms with van der Waals surface area (Å²) in [7, 11) is 1.63. The molecule has 78 valence electrons. The molecule has 0 aliphatic carbocycles. The normalized spacial score (nSPS) is 10.5. The third kappa shape index (κ3) is 2.47. The highest BCUT2D eigenvalue weighted by molar-refractivity contribution is 5.43. The van der Waals surface area contributed by atoms with Gasteiger partial charge in [-0.05, 0) is 36.1 Å². The molecule has 0 fully saturated rings. The first-order valence-corrected chi connectivity index (χ1v) is 4.60. The summed E-state index contributed by atoms with van der Waals surface area (Å²) in [6.07, 6.45) is 0.476. The number of aliphatic hydroxyl groups excluding tert-OH is 1. The molecular formula is C11H16O3. The van der Waals surface area contributed by atoms with E-state index in [-0.39, 0.29) is 12.4 Å². The van der Waals surface area contributed by atoms with Crippen LogP contribution in [0.1, 0.15) is 16.7 Å². The van der Waals surface area contributed by atoms with Gasteiger partial charge < -0.3 is 14.9 Å². The molecule has 0 amide bonds. The van der Waals surface area contributed by atoms with Crippen molar-refractivity contribution in [2.75, 3.05) is 13.7 Å². The molecule has 0 saturated carbocycles. The Morgan fingerprint density at radius 1 is 1.36 bits per heavy atom. The Bertz CT molecular complexity index is 308. The molecule has 0 heterocycles. The van der Waals surface area contributed by atoms with Crippen molar-refractivity contribution in [1.29, 1.82) is 0 Å². The summed E-state index contributed by atoms with van der Waals surface area (Å²) in [6, 6.07) is 3.75. The second-order valence-electron chi connectivity index (χ2n) is 3.33. The van der Waals surface area contributed by atoms with Gasteiger partial charge in [-0.1, -0.05) is 6.07 Å². The lowest BCUT2D eigenvalue weighted by Crippen LogP contribution is -1.96. The highest BCUT2D eigenvalue weighted by Gasteiger charge is 2.06. The van der Waals surface area contributed by atoms with Gasteiger partial charge in [0.2, 0.25) is 0 Å². The molecule has 0 atom stereocenters. The van der Waals surface area contributed by atoms with Crippen molar-refractivity contribution in [3.8, 4) is 5.75 Å². The number of rotatable bonds is 4. The van der Waals surface area contributed by atoms with E-state index in [4.69, 9.17) is 9.84 Å². The third-order valence-corrected chi connectivity index (χ3v) is 2.13. The van der Waals surface area contributed by atoms with Crippen molar-refractivity contribution < 1.29 is 14.9 Å². The summed E-state index contributed by atoms with van der Waals surface area (Å²) in [5, 5.41) is 18.5. The second-order valence-corrected chi connectivity index (χ2v) is 3.33. The minimum Gasteiger partial charge on any atom is -0.507 e. The minimum absolute atomic E-state index is 0.0451. The van der Waals surface area contributed by atoms with Crippen LogP contribution in [-0.2, 0) is 17.8 Å². The highest BCUT2D eigenvalue weighted by Crippen LogP contribution is 2.24. The fourth-order valence-corrected chi connectivity index (χ4v) is 1.49. The summed E-state index contributed by atoms with van der Waals surface area (Å²) in [5.41, 5.74) is 2.62. The predicted octanol–water partition coefficient (Wildman–Crippen LogP) is 1.38. The molecule has 0 aliphatic rings. The van der Waals surface area contributed by atoms with Gasteiger partial charge in [0.25, 0.3) is 0 Å². The largest absolute Gasteiger partial charge is 0.507 e. The Morgan fingerprint density at radius 2 is 2.07 bits per heavy atom. The van der Waals surface area contributed by atoms with E-state index in [1.807, 2.05) is 19.1 Å². The van der Waals surface area contributed by atoms with Crippen molar-refractivity contribution in [3.63, 3.8) is 0 Å². The number of aliphatic hydroxyl groups is 1. The number of aryl methyl sites for hydroxylation is 1. The van der Waals surface area contributed by atoms with Gasteiger partial charge in [0.05, 0.1) is 6.61 Å². The molecule has 3 nitrogen and oxygen atoms in total. The van der Waals surface area contributed by atoms with Crippen LogP contribution in [0, 0.1) is 6.92 Å². The summed E-state index contributed by atoms with van der Waals surface area (Å²) in [6.45, 7) is 2.42. The molecule has 0 unspecified atom stereocenters. The van der Waals surface area contributed by atoms with Crippen LogP contribution < -0.4 is 0 Å². The molecule has 0 spiro atoms. The molecule has 0 aliphatic heterocycles. The Labute approximate surface area is 84.0 Å². The average molecular weight is 196 g/mol. The Kier molecular flexibility index (Phi) is 3.92. The number of phenols is 1. The summed E-state index contributed by atoms with van der Waals surface area (Å²) >= 11 is 0. The van der Waals surface area contributed by atoms with Gasteiger partial charge in [-0.3, -0.25) is 0 Å². The Hall–Kier alpha value is -1.06. The lowest BCUT2D eigenvalue weighted by molar-refractivity contribution is 0.184. The van der Waals surface area contributed by atoms with E-state index >= 15 is 0 Å². The van der Waals surface area contributed by atoms with Crippen LogP contribution in [0.2, 0.25) is 0 Å². The van der Waals surface area contributed by atoms with E-state index in [1.54, 1.807) is 7.11 Å². The van der Waals surface area contributed by atoms with Gasteiger partial charge in [0.1, 0.15) is 5.75 Å². The predicted molar refractivity (Wildman–Crippen MR) is 54.3 cm³/mol. The SMILES string of the molecule is COCc1cc(C)c(O)c(CCO)c1. The van der Waals surface area contributed by atoms with Gasteiger partial charge >= 0.3 is 0 Å². The molecule has 0 bridgehead atoms. The molecule has 1 aromatic carbocycles. The first-order valence-electron chi connectivity index (χ1n) is 4.60. The van der Waals surface area contributed by atoms with Crippen LogP contribution in [0.3, 0.4) is 0 Å². The van der Waals surface area contributed by atoms with E-state index in [1.165, 1.54) is 0 Å². The van der Waals surface area contributed by atoms with E-state index in [9.17, 15) is 5.11 Å². The molecule has 14 heavy (non-hydrogen) atoms. The van der Waals surface area contributed by atoms with Crippen LogP contribution in [0.4, 0.5) is 0 Å². The summed E-state index contributed by atoms with van der Waals surface area (Å²) < 4.78 is 5.01. The fourth-order valence-electron chi connectivity index (χ4n) is 1.49. The zero-order chi connectivity index (χ0) is 10.6. The van der Waals surface area contributed by atoms with Gasteiger partial charge in [-0.15, -0.1) is 0 Å². The quantitative estimate of drug-likeness (QED) is 0.765. The van der Waals surface area contributed by atoms with Gasteiger partial charge in [0, 0.05) is 13.7 Å². The van der Waals surface area contributed by atoms with Crippen LogP contribution in [0.15, 0.2) is 12.1 Å². The number of benzene rings is 1. The summed E-state index contributed by atoms with van der Waals surface area (Å²) in [5.74, 6) is 0.277. The Morgan fingerprint density at radius 3 is 2.64 bits per heavy atom. The number of hydrogen-bond acceptors (Lipinski definition) is 3. The molecule has 1 aromatic rings. The number of ether oxygens (including phenoxy) is 1. The van der Waals surface area contributed by atoms with Crippen molar-refractivity contribution in [2.45, 2.75) is 20.0 Å². The van der Waals surface area contributed by atoms with Gasteiger partial charge in [-0.25, -0.2) is 0 Å². The maximum atomic E-state index is 9.67. The molecule has 2 N–H and O–H groups in total. The van der Waals surface area contributed by atoms with Gasteiger partial charge in [0.15, 0.2) is 0 Å². The standard InChI is InChI=1S/C11H16O3/c1-8-5-9(7-14-2)6-10(3-4-12)11(8)13/h5-6,12-13H,3-4,7H2,1-2H3. The molecule has 3 heteroatoms. The van der Waals surface area contributed by atoms with Crippen molar-refractivity contribution in [1.82, 2.24) is 0 Å². The Balaban J connectivity index is 3.01. The van der Waals surface area contributed by atoms with Crippen molar-refractivity contribution in [2.24, 2.45) is 0 Å². The van der Waals surface area contributed by atoms with Crippen molar-refractivity contribution in [3.05, 3.63) is 28.8 Å². The maximum absolute atomic E-state index is 9.67. The first-order chi connectivity index (χ1) is 6.69. The highest BCUT2D eigenvalue weighted by atomic mass is 16.5. The number of methoxy groups -OCH3 is 1. The van der Waals surface area contributed by atoms with Crippen LogP contribution in [-0.4, -0.2) is 23.9 Å². The maximum Gasteiger partial charge on any atom is 0.121 e. The summed E-state index contributed by atoms with van der Waals surface area (Å²) in [4.78, 5) is 0. The van der Waals surface area contributed by atoms with Crippen LogP contribution in [0.5, 0.6) is 5.75 Å².